The first kappa shape index (κ1) is 22.0. The number of aryl methyl sites for hydroxylation is 2. The molecular formula is C23H21ClN4O3S. The number of methoxy groups -OCH3 is 1. The topological polar surface area (TPSA) is 77.3 Å². The van der Waals surface area contributed by atoms with Crippen molar-refractivity contribution in [3.8, 4) is 0 Å². The summed E-state index contributed by atoms with van der Waals surface area (Å²) in [6.45, 7) is 3.15. The fourth-order valence-electron chi connectivity index (χ4n) is 3.40. The quantitative estimate of drug-likeness (QED) is 0.357. The third-order valence-electron chi connectivity index (χ3n) is 5.03. The standard InChI is InChI=1S/C23H21ClN4O3S/c1-15-12-18(24)13-19-20(15)26-23(32-19)28(10-3-9-27-11-8-25-14-27)21(29)16-4-6-17(7-5-16)22(30)31-2/h4-8,11-14H,3,9-10H2,1-2H3. The number of hydrogen-bond donors (Lipinski definition) is 0. The van der Waals surface area contributed by atoms with Gasteiger partial charge in [0.05, 0.1) is 29.2 Å². The van der Waals surface area contributed by atoms with Gasteiger partial charge in [0.15, 0.2) is 5.13 Å². The van der Waals surface area contributed by atoms with Crippen LogP contribution in [-0.2, 0) is 11.3 Å². The summed E-state index contributed by atoms with van der Waals surface area (Å²) in [6, 6.07) is 10.2. The summed E-state index contributed by atoms with van der Waals surface area (Å²) in [5.74, 6) is -0.630. The number of thiazole rings is 1. The highest BCUT2D eigenvalue weighted by molar-refractivity contribution is 7.22. The predicted molar refractivity (Wildman–Crippen MR) is 126 cm³/mol. The van der Waals surface area contributed by atoms with Crippen LogP contribution < -0.4 is 4.90 Å². The summed E-state index contributed by atoms with van der Waals surface area (Å²) in [6.07, 6.45) is 6.09. The predicted octanol–water partition coefficient (Wildman–Crippen LogP) is 4.98. The first-order chi connectivity index (χ1) is 15.5. The molecule has 2 aromatic carbocycles. The van der Waals surface area contributed by atoms with Crippen LogP contribution >= 0.6 is 22.9 Å². The number of benzene rings is 2. The normalized spacial score (nSPS) is 11.0. The van der Waals surface area contributed by atoms with E-state index in [1.54, 1.807) is 41.7 Å². The summed E-state index contributed by atoms with van der Waals surface area (Å²) in [7, 11) is 1.32. The zero-order valence-corrected chi connectivity index (χ0v) is 19.2. The number of carbonyl (C=O) groups excluding carboxylic acids is 2. The average Bonchev–Trinajstić information content (AvgIpc) is 3.46. The molecule has 2 aromatic heterocycles. The number of carbonyl (C=O) groups is 2. The van der Waals surface area contributed by atoms with Crippen molar-refractivity contribution in [1.82, 2.24) is 14.5 Å². The Kier molecular flexibility index (Phi) is 6.53. The monoisotopic (exact) mass is 468 g/mol. The van der Waals surface area contributed by atoms with Crippen LogP contribution in [-0.4, -0.2) is 40.1 Å². The van der Waals surface area contributed by atoms with E-state index < -0.39 is 5.97 Å². The van der Waals surface area contributed by atoms with E-state index in [2.05, 4.69) is 4.98 Å². The summed E-state index contributed by atoms with van der Waals surface area (Å²) in [5.41, 5.74) is 2.65. The molecule has 0 aliphatic heterocycles. The van der Waals surface area contributed by atoms with Crippen molar-refractivity contribution >= 4 is 50.2 Å². The van der Waals surface area contributed by atoms with E-state index in [9.17, 15) is 9.59 Å². The van der Waals surface area contributed by atoms with Gasteiger partial charge >= 0.3 is 5.97 Å². The van der Waals surface area contributed by atoms with Crippen LogP contribution in [0.3, 0.4) is 0 Å². The lowest BCUT2D eigenvalue weighted by molar-refractivity contribution is 0.0600. The van der Waals surface area contributed by atoms with Crippen LogP contribution in [0.25, 0.3) is 10.2 Å². The minimum absolute atomic E-state index is 0.185. The molecule has 0 aliphatic rings. The van der Waals surface area contributed by atoms with Crippen molar-refractivity contribution in [2.75, 3.05) is 18.6 Å². The first-order valence-electron chi connectivity index (χ1n) is 9.99. The fourth-order valence-corrected chi connectivity index (χ4v) is 4.84. The molecule has 2 heterocycles. The third-order valence-corrected chi connectivity index (χ3v) is 6.27. The van der Waals surface area contributed by atoms with E-state index in [-0.39, 0.29) is 5.91 Å². The minimum atomic E-state index is -0.445. The van der Waals surface area contributed by atoms with Gasteiger partial charge < -0.3 is 9.30 Å². The van der Waals surface area contributed by atoms with Crippen molar-refractivity contribution in [1.29, 1.82) is 0 Å². The molecule has 32 heavy (non-hydrogen) atoms. The molecule has 1 amide bonds. The van der Waals surface area contributed by atoms with Gasteiger partial charge in [0, 0.05) is 36.1 Å². The van der Waals surface area contributed by atoms with Crippen molar-refractivity contribution in [2.24, 2.45) is 0 Å². The van der Waals surface area contributed by atoms with Gasteiger partial charge in [0.1, 0.15) is 0 Å². The van der Waals surface area contributed by atoms with Crippen LogP contribution in [0.1, 0.15) is 32.7 Å². The molecule has 0 fully saturated rings. The van der Waals surface area contributed by atoms with Crippen LogP contribution in [0.5, 0.6) is 0 Å². The smallest absolute Gasteiger partial charge is 0.337 e. The minimum Gasteiger partial charge on any atom is -0.465 e. The summed E-state index contributed by atoms with van der Waals surface area (Å²) in [5, 5.41) is 1.25. The number of fused-ring (bicyclic) bond motifs is 1. The Labute approximate surface area is 194 Å². The van der Waals surface area contributed by atoms with E-state index >= 15 is 0 Å². The Bertz CT molecular complexity index is 1250. The summed E-state index contributed by atoms with van der Waals surface area (Å²) in [4.78, 5) is 35.7. The zero-order valence-electron chi connectivity index (χ0n) is 17.6. The number of amides is 1. The second-order valence-electron chi connectivity index (χ2n) is 7.25. The Balaban J connectivity index is 1.64. The molecule has 0 N–H and O–H groups in total. The number of ether oxygens (including phenoxy) is 1. The van der Waals surface area contributed by atoms with E-state index in [1.807, 2.05) is 29.8 Å². The molecule has 0 radical (unpaired) electrons. The van der Waals surface area contributed by atoms with E-state index in [0.29, 0.717) is 27.8 Å². The number of imidazole rings is 1. The molecule has 0 atom stereocenters. The second kappa shape index (κ2) is 9.50. The summed E-state index contributed by atoms with van der Waals surface area (Å²) >= 11 is 7.65. The van der Waals surface area contributed by atoms with Crippen molar-refractivity contribution < 1.29 is 14.3 Å². The van der Waals surface area contributed by atoms with Gasteiger partial charge in [-0.25, -0.2) is 14.8 Å². The molecule has 9 heteroatoms. The molecule has 4 rings (SSSR count). The maximum Gasteiger partial charge on any atom is 0.337 e. The molecule has 7 nitrogen and oxygen atoms in total. The molecule has 0 aliphatic carbocycles. The second-order valence-corrected chi connectivity index (χ2v) is 8.69. The number of nitrogens with zero attached hydrogens (tertiary/aromatic N) is 4. The maximum absolute atomic E-state index is 13.4. The highest BCUT2D eigenvalue weighted by atomic mass is 35.5. The van der Waals surface area contributed by atoms with Crippen molar-refractivity contribution in [3.05, 3.63) is 76.8 Å². The first-order valence-corrected chi connectivity index (χ1v) is 11.2. The molecule has 164 valence electrons. The molecule has 0 saturated carbocycles. The Hall–Kier alpha value is -3.23. The largest absolute Gasteiger partial charge is 0.465 e. The maximum atomic E-state index is 13.4. The molecule has 0 unspecified atom stereocenters. The highest BCUT2D eigenvalue weighted by Gasteiger charge is 2.22. The molecule has 4 aromatic rings. The lowest BCUT2D eigenvalue weighted by Gasteiger charge is -2.20. The fraction of sp³-hybridized carbons (Fsp3) is 0.217. The van der Waals surface area contributed by atoms with Gasteiger partial charge in [-0.05, 0) is 55.3 Å². The number of rotatable bonds is 7. The number of hydrogen-bond acceptors (Lipinski definition) is 6. The van der Waals surface area contributed by atoms with Gasteiger partial charge in [-0.3, -0.25) is 9.69 Å². The van der Waals surface area contributed by atoms with Gasteiger partial charge in [0.25, 0.3) is 5.91 Å². The van der Waals surface area contributed by atoms with Crippen LogP contribution in [0.4, 0.5) is 5.13 Å². The van der Waals surface area contributed by atoms with E-state index in [1.165, 1.54) is 18.4 Å². The van der Waals surface area contributed by atoms with E-state index in [0.717, 1.165) is 28.7 Å². The lowest BCUT2D eigenvalue weighted by atomic mass is 10.1. The van der Waals surface area contributed by atoms with Crippen LogP contribution in [0.2, 0.25) is 5.02 Å². The zero-order chi connectivity index (χ0) is 22.7. The molecule has 0 spiro atoms. The Morgan fingerprint density at radius 2 is 1.94 bits per heavy atom. The van der Waals surface area contributed by atoms with Crippen LogP contribution in [0.15, 0.2) is 55.1 Å². The van der Waals surface area contributed by atoms with Gasteiger partial charge in [0.2, 0.25) is 0 Å². The highest BCUT2D eigenvalue weighted by Crippen LogP contribution is 2.33. The number of halogens is 1. The van der Waals surface area contributed by atoms with Gasteiger partial charge in [-0.15, -0.1) is 0 Å². The number of aromatic nitrogens is 3. The van der Waals surface area contributed by atoms with Gasteiger partial charge in [-0.1, -0.05) is 22.9 Å². The van der Waals surface area contributed by atoms with Crippen LogP contribution in [0, 0.1) is 6.92 Å². The Morgan fingerprint density at radius 3 is 2.62 bits per heavy atom. The number of anilines is 1. The molecule has 0 bridgehead atoms. The summed E-state index contributed by atoms with van der Waals surface area (Å²) < 4.78 is 7.63. The SMILES string of the molecule is COC(=O)c1ccc(C(=O)N(CCCn2ccnc2)c2nc3c(C)cc(Cl)cc3s2)cc1. The van der Waals surface area contributed by atoms with Gasteiger partial charge in [-0.2, -0.15) is 0 Å². The molecular weight excluding hydrogens is 448 g/mol. The third kappa shape index (κ3) is 4.66. The number of esters is 1. The van der Waals surface area contributed by atoms with Crippen molar-refractivity contribution in [2.45, 2.75) is 19.9 Å². The van der Waals surface area contributed by atoms with Crippen molar-refractivity contribution in [3.63, 3.8) is 0 Å². The Morgan fingerprint density at radius 1 is 1.19 bits per heavy atom. The lowest BCUT2D eigenvalue weighted by Crippen LogP contribution is -2.32. The average molecular weight is 469 g/mol. The molecule has 0 saturated heterocycles. The van der Waals surface area contributed by atoms with E-state index in [4.69, 9.17) is 21.3 Å².